The molecule has 8 nitrogen and oxygen atoms in total. The normalized spacial score (nSPS) is 19.0. The Bertz CT molecular complexity index is 945. The van der Waals surface area contributed by atoms with E-state index in [1.165, 1.54) is 0 Å². The zero-order valence-corrected chi connectivity index (χ0v) is 19.0. The summed E-state index contributed by atoms with van der Waals surface area (Å²) in [5, 5.41) is 3.01. The molecule has 1 atom stereocenters. The summed E-state index contributed by atoms with van der Waals surface area (Å²) >= 11 is 0. The molecule has 2 amide bonds. The Balaban J connectivity index is 1.35. The van der Waals surface area contributed by atoms with Crippen LogP contribution in [0.15, 0.2) is 30.6 Å². The number of methoxy groups -OCH3 is 1. The van der Waals surface area contributed by atoms with Gasteiger partial charge in [-0.25, -0.2) is 4.98 Å². The SMILES string of the molecule is COc1ccc([C@H]2Cn3cnc(C(=O)N4CCC(C(=O)NCC(C)C)CC4)c3CO2)cc1. The Morgan fingerprint density at radius 3 is 2.59 bits per heavy atom. The highest BCUT2D eigenvalue weighted by atomic mass is 16.5. The molecule has 0 unspecified atom stereocenters. The first-order valence-electron chi connectivity index (χ1n) is 11.3. The Morgan fingerprint density at radius 2 is 1.94 bits per heavy atom. The van der Waals surface area contributed by atoms with E-state index in [4.69, 9.17) is 9.47 Å². The highest BCUT2D eigenvalue weighted by Gasteiger charge is 2.32. The van der Waals surface area contributed by atoms with Crippen LogP contribution in [0.2, 0.25) is 0 Å². The zero-order valence-electron chi connectivity index (χ0n) is 19.0. The minimum Gasteiger partial charge on any atom is -0.497 e. The van der Waals surface area contributed by atoms with E-state index < -0.39 is 0 Å². The summed E-state index contributed by atoms with van der Waals surface area (Å²) in [7, 11) is 1.65. The number of nitrogens with zero attached hydrogens (tertiary/aromatic N) is 3. The molecule has 1 fully saturated rings. The number of hydrogen-bond acceptors (Lipinski definition) is 5. The zero-order chi connectivity index (χ0) is 22.7. The van der Waals surface area contributed by atoms with E-state index in [2.05, 4.69) is 24.1 Å². The largest absolute Gasteiger partial charge is 0.497 e. The number of rotatable bonds is 6. The molecule has 4 rings (SSSR count). The van der Waals surface area contributed by atoms with Gasteiger partial charge in [-0.2, -0.15) is 0 Å². The molecule has 0 aliphatic carbocycles. The van der Waals surface area contributed by atoms with Crippen molar-refractivity contribution in [2.45, 2.75) is 45.9 Å². The lowest BCUT2D eigenvalue weighted by Gasteiger charge is -2.31. The van der Waals surface area contributed by atoms with Gasteiger partial charge in [0.25, 0.3) is 5.91 Å². The van der Waals surface area contributed by atoms with Gasteiger partial charge in [-0.3, -0.25) is 9.59 Å². The maximum absolute atomic E-state index is 13.1. The number of hydrogen-bond donors (Lipinski definition) is 1. The first kappa shape index (κ1) is 22.3. The van der Waals surface area contributed by atoms with Gasteiger partial charge in [0.2, 0.25) is 5.91 Å². The van der Waals surface area contributed by atoms with Gasteiger partial charge in [-0.15, -0.1) is 0 Å². The Labute approximate surface area is 188 Å². The highest BCUT2D eigenvalue weighted by molar-refractivity contribution is 5.93. The van der Waals surface area contributed by atoms with Crippen molar-refractivity contribution in [1.29, 1.82) is 0 Å². The number of amides is 2. The van der Waals surface area contributed by atoms with Gasteiger partial charge in [0.15, 0.2) is 5.69 Å². The Hall–Kier alpha value is -2.87. The summed E-state index contributed by atoms with van der Waals surface area (Å²) in [5.74, 6) is 1.23. The molecule has 0 saturated carbocycles. The number of likely N-dealkylation sites (tertiary alicyclic amines) is 1. The number of fused-ring (bicyclic) bond motifs is 1. The molecule has 2 aliphatic rings. The molecular formula is C24H32N4O4. The van der Waals surface area contributed by atoms with Crippen LogP contribution in [0.5, 0.6) is 5.75 Å². The first-order chi connectivity index (χ1) is 15.5. The van der Waals surface area contributed by atoms with Gasteiger partial charge in [-0.05, 0) is 36.5 Å². The molecule has 1 N–H and O–H groups in total. The molecule has 32 heavy (non-hydrogen) atoms. The van der Waals surface area contributed by atoms with Crippen LogP contribution < -0.4 is 10.1 Å². The third kappa shape index (κ3) is 4.80. The number of carbonyl (C=O) groups excluding carboxylic acids is 2. The number of nitrogens with one attached hydrogen (secondary N) is 1. The number of piperidine rings is 1. The summed E-state index contributed by atoms with van der Waals surface area (Å²) in [6, 6.07) is 7.84. The minimum atomic E-state index is -0.0920. The van der Waals surface area contributed by atoms with Crippen molar-refractivity contribution in [2.24, 2.45) is 11.8 Å². The van der Waals surface area contributed by atoms with Gasteiger partial charge in [0.05, 0.1) is 32.3 Å². The fourth-order valence-corrected chi connectivity index (χ4v) is 4.27. The van der Waals surface area contributed by atoms with E-state index in [1.807, 2.05) is 33.7 Å². The Morgan fingerprint density at radius 1 is 1.22 bits per heavy atom. The van der Waals surface area contributed by atoms with Crippen LogP contribution in [0.4, 0.5) is 0 Å². The highest BCUT2D eigenvalue weighted by Crippen LogP contribution is 2.29. The van der Waals surface area contributed by atoms with Crippen LogP contribution >= 0.6 is 0 Å². The maximum Gasteiger partial charge on any atom is 0.274 e. The van der Waals surface area contributed by atoms with Gasteiger partial charge in [-0.1, -0.05) is 26.0 Å². The lowest BCUT2D eigenvalue weighted by Crippen LogP contribution is -2.44. The van der Waals surface area contributed by atoms with E-state index in [-0.39, 0.29) is 23.8 Å². The fraction of sp³-hybridized carbons (Fsp3) is 0.542. The van der Waals surface area contributed by atoms with Crippen LogP contribution in [0, 0.1) is 11.8 Å². The molecule has 172 valence electrons. The molecule has 2 aromatic rings. The predicted octanol–water partition coefficient (Wildman–Crippen LogP) is 2.79. The summed E-state index contributed by atoms with van der Waals surface area (Å²) in [6.07, 6.45) is 3.00. The Kier molecular flexibility index (Phi) is 6.79. The number of carbonyl (C=O) groups is 2. The minimum absolute atomic E-state index is 0.0256. The van der Waals surface area contributed by atoms with Crippen molar-refractivity contribution < 1.29 is 19.1 Å². The molecule has 2 aliphatic heterocycles. The molecule has 1 aromatic heterocycles. The lowest BCUT2D eigenvalue weighted by atomic mass is 9.95. The van der Waals surface area contributed by atoms with Gasteiger partial charge >= 0.3 is 0 Å². The second-order valence-corrected chi connectivity index (χ2v) is 8.97. The lowest BCUT2D eigenvalue weighted by molar-refractivity contribution is -0.126. The second-order valence-electron chi connectivity index (χ2n) is 8.97. The number of benzene rings is 1. The first-order valence-corrected chi connectivity index (χ1v) is 11.3. The molecule has 0 spiro atoms. The molecule has 1 saturated heterocycles. The smallest absolute Gasteiger partial charge is 0.274 e. The van der Waals surface area contributed by atoms with Crippen LogP contribution in [0.3, 0.4) is 0 Å². The average Bonchev–Trinajstić information content (AvgIpc) is 3.25. The van der Waals surface area contributed by atoms with Crippen molar-refractivity contribution in [3.63, 3.8) is 0 Å². The topological polar surface area (TPSA) is 85.7 Å². The summed E-state index contributed by atoms with van der Waals surface area (Å²) in [5.41, 5.74) is 2.34. The van der Waals surface area contributed by atoms with Gasteiger partial charge in [0.1, 0.15) is 11.9 Å². The average molecular weight is 441 g/mol. The van der Waals surface area contributed by atoms with E-state index in [0.717, 1.165) is 17.0 Å². The van der Waals surface area contributed by atoms with E-state index in [1.54, 1.807) is 13.4 Å². The van der Waals surface area contributed by atoms with Crippen molar-refractivity contribution in [1.82, 2.24) is 19.8 Å². The van der Waals surface area contributed by atoms with Gasteiger partial charge < -0.3 is 24.3 Å². The van der Waals surface area contributed by atoms with E-state index >= 15 is 0 Å². The quantitative estimate of drug-likeness (QED) is 0.747. The number of imidazole rings is 1. The monoisotopic (exact) mass is 440 g/mol. The van der Waals surface area contributed by atoms with Crippen molar-refractivity contribution in [3.05, 3.63) is 47.5 Å². The van der Waals surface area contributed by atoms with Crippen LogP contribution in [0.1, 0.15) is 54.5 Å². The maximum atomic E-state index is 13.1. The van der Waals surface area contributed by atoms with E-state index in [0.29, 0.717) is 57.2 Å². The third-order valence-corrected chi connectivity index (χ3v) is 6.26. The van der Waals surface area contributed by atoms with Gasteiger partial charge in [0, 0.05) is 25.6 Å². The molecule has 0 bridgehead atoms. The van der Waals surface area contributed by atoms with Crippen LogP contribution in [-0.2, 0) is 22.7 Å². The summed E-state index contributed by atoms with van der Waals surface area (Å²) < 4.78 is 13.3. The predicted molar refractivity (Wildman–Crippen MR) is 119 cm³/mol. The van der Waals surface area contributed by atoms with E-state index in [9.17, 15) is 9.59 Å². The van der Waals surface area contributed by atoms with Crippen molar-refractivity contribution >= 4 is 11.8 Å². The summed E-state index contributed by atoms with van der Waals surface area (Å²) in [6.45, 7) is 6.94. The van der Waals surface area contributed by atoms with Crippen molar-refractivity contribution in [2.75, 3.05) is 26.7 Å². The second kappa shape index (κ2) is 9.73. The fourth-order valence-electron chi connectivity index (χ4n) is 4.27. The van der Waals surface area contributed by atoms with Crippen molar-refractivity contribution in [3.8, 4) is 5.75 Å². The molecular weight excluding hydrogens is 408 g/mol. The molecule has 3 heterocycles. The molecule has 0 radical (unpaired) electrons. The van der Waals surface area contributed by atoms with Crippen LogP contribution in [-0.4, -0.2) is 53.0 Å². The third-order valence-electron chi connectivity index (χ3n) is 6.26. The number of ether oxygens (including phenoxy) is 2. The molecule has 8 heteroatoms. The molecule has 1 aromatic carbocycles. The standard InChI is InChI=1S/C24H32N4O4/c1-16(2)12-25-23(29)18-8-10-27(11-9-18)24(30)22-20-14-32-21(13-28(20)15-26-22)17-4-6-19(31-3)7-5-17/h4-7,15-16,18,21H,8-14H2,1-3H3,(H,25,29)/t21-/m1/s1. The number of aromatic nitrogens is 2. The summed E-state index contributed by atoms with van der Waals surface area (Å²) in [4.78, 5) is 31.7. The van der Waals surface area contributed by atoms with Crippen LogP contribution in [0.25, 0.3) is 0 Å².